The topological polar surface area (TPSA) is 116 Å². The van der Waals surface area contributed by atoms with Gasteiger partial charge in [0, 0.05) is 29.3 Å². The molecule has 2 aliphatic heterocycles. The van der Waals surface area contributed by atoms with Crippen molar-refractivity contribution in [2.75, 3.05) is 0 Å². The van der Waals surface area contributed by atoms with Gasteiger partial charge < -0.3 is 15.1 Å². The summed E-state index contributed by atoms with van der Waals surface area (Å²) in [5.41, 5.74) is 2.37. The maximum Gasteiger partial charge on any atom is 0.352 e. The number of aromatic nitrogens is 3. The van der Waals surface area contributed by atoms with Crippen molar-refractivity contribution in [2.45, 2.75) is 32.5 Å². The summed E-state index contributed by atoms with van der Waals surface area (Å²) in [6.07, 6.45) is 6.13. The van der Waals surface area contributed by atoms with Crippen LogP contribution < -0.4 is 4.57 Å². The number of rotatable bonds is 7. The van der Waals surface area contributed by atoms with E-state index in [0.717, 1.165) is 5.56 Å². The van der Waals surface area contributed by atoms with E-state index >= 15 is 0 Å². The van der Waals surface area contributed by atoms with E-state index in [1.165, 1.54) is 16.2 Å². The Hall–Kier alpha value is -4.15. The molecule has 3 aromatic heterocycles. The van der Waals surface area contributed by atoms with Crippen LogP contribution in [-0.2, 0) is 16.1 Å². The first-order valence-electron chi connectivity index (χ1n) is 12.3. The number of benzene rings is 1. The Morgan fingerprint density at radius 3 is 2.66 bits per heavy atom. The number of carboxylic acid groups (broad SMARTS) is 1. The summed E-state index contributed by atoms with van der Waals surface area (Å²) in [6, 6.07) is 13.1. The predicted octanol–water partition coefficient (Wildman–Crippen LogP) is 2.62. The van der Waals surface area contributed by atoms with Crippen molar-refractivity contribution in [3.8, 4) is 0 Å². The van der Waals surface area contributed by atoms with Gasteiger partial charge in [0.1, 0.15) is 22.5 Å². The van der Waals surface area contributed by atoms with Gasteiger partial charge in [-0.05, 0) is 13.0 Å². The lowest BCUT2D eigenvalue weighted by Gasteiger charge is -2.46. The summed E-state index contributed by atoms with van der Waals surface area (Å²) in [5, 5.41) is 20.1. The van der Waals surface area contributed by atoms with Crippen LogP contribution in [0.3, 0.4) is 0 Å². The lowest BCUT2D eigenvalue weighted by atomic mass is 9.77. The minimum Gasteiger partial charge on any atom is -0.477 e. The van der Waals surface area contributed by atoms with Crippen molar-refractivity contribution >= 4 is 39.4 Å². The number of carboxylic acids is 1. The molecule has 192 valence electrons. The molecule has 1 fully saturated rings. The highest BCUT2D eigenvalue weighted by Gasteiger charge is 2.60. The third-order valence-electron chi connectivity index (χ3n) is 7.39. The zero-order valence-electron chi connectivity index (χ0n) is 20.7. The third-order valence-corrected chi connectivity index (χ3v) is 8.54. The number of fused-ring (bicyclic) bond motifs is 2. The summed E-state index contributed by atoms with van der Waals surface area (Å²) >= 11 is 1.28. The molecule has 0 unspecified atom stereocenters. The molecule has 38 heavy (non-hydrogen) atoms. The predicted molar refractivity (Wildman–Crippen MR) is 138 cm³/mol. The maximum atomic E-state index is 13.5. The molecule has 10 heteroatoms. The normalized spacial score (nSPS) is 21.5. The number of amides is 1. The first kappa shape index (κ1) is 24.2. The third kappa shape index (κ3) is 3.67. The van der Waals surface area contributed by atoms with Gasteiger partial charge in [-0.1, -0.05) is 37.3 Å². The number of pyridine rings is 1. The van der Waals surface area contributed by atoms with Crippen molar-refractivity contribution in [3.63, 3.8) is 0 Å². The monoisotopic (exact) mass is 529 g/mol. The Morgan fingerprint density at radius 2 is 1.95 bits per heavy atom. The van der Waals surface area contributed by atoms with E-state index in [4.69, 9.17) is 0 Å². The number of aliphatic carboxylic acids is 1. The standard InChI is InChI=1S/C28H24N4O5S/c1-15-20(24(28(36)37)32-23(15)21(16(2)33)26(32)35)19-13-31-14-29-22(27(31)38-19)25(34)18-9-6-10-30(12-18)11-17-7-4-3-5-8-17/h3-10,12-16,21,23,33H,11H2,1-2H3/p+1/t15-,16+,21+,23+/m0/s1. The van der Waals surface area contributed by atoms with Gasteiger partial charge in [-0.15, -0.1) is 11.3 Å². The molecule has 0 saturated carbocycles. The number of aliphatic hydroxyl groups excluding tert-OH is 1. The summed E-state index contributed by atoms with van der Waals surface area (Å²) in [5.74, 6) is -2.73. The maximum absolute atomic E-state index is 13.5. The second kappa shape index (κ2) is 9.00. The van der Waals surface area contributed by atoms with Crippen LogP contribution in [-0.4, -0.2) is 54.3 Å². The zero-order valence-corrected chi connectivity index (χ0v) is 21.5. The van der Waals surface area contributed by atoms with Gasteiger partial charge in [0.2, 0.25) is 11.7 Å². The number of carbonyl (C=O) groups is 3. The molecular formula is C28H25N4O5S+. The van der Waals surface area contributed by atoms with Gasteiger partial charge in [0.25, 0.3) is 0 Å². The minimum absolute atomic E-state index is 0.0558. The Labute approximate surface area is 221 Å². The first-order valence-corrected chi connectivity index (χ1v) is 13.1. The quantitative estimate of drug-likeness (QED) is 0.216. The number of carbonyl (C=O) groups excluding carboxylic acids is 2. The fourth-order valence-corrected chi connectivity index (χ4v) is 6.87. The van der Waals surface area contributed by atoms with Crippen molar-refractivity contribution in [1.82, 2.24) is 14.3 Å². The summed E-state index contributed by atoms with van der Waals surface area (Å²) in [6.45, 7) is 4.05. The second-order valence-corrected chi connectivity index (χ2v) is 10.8. The number of nitrogens with zero attached hydrogens (tertiary/aromatic N) is 4. The van der Waals surface area contributed by atoms with Gasteiger partial charge in [0.15, 0.2) is 18.9 Å². The van der Waals surface area contributed by atoms with Crippen LogP contribution in [0.25, 0.3) is 10.4 Å². The van der Waals surface area contributed by atoms with E-state index in [1.807, 2.05) is 54.1 Å². The van der Waals surface area contributed by atoms with E-state index in [-0.39, 0.29) is 29.0 Å². The molecule has 4 atom stereocenters. The molecule has 1 aromatic carbocycles. The molecular weight excluding hydrogens is 504 g/mol. The van der Waals surface area contributed by atoms with Crippen LogP contribution >= 0.6 is 11.3 Å². The highest BCUT2D eigenvalue weighted by molar-refractivity contribution is 7.18. The molecule has 2 N–H and O–H groups in total. The molecule has 0 aliphatic carbocycles. The van der Waals surface area contributed by atoms with Gasteiger partial charge >= 0.3 is 5.97 Å². The van der Waals surface area contributed by atoms with E-state index in [0.29, 0.717) is 27.4 Å². The smallest absolute Gasteiger partial charge is 0.352 e. The Bertz CT molecular complexity index is 1640. The molecule has 9 nitrogen and oxygen atoms in total. The van der Waals surface area contributed by atoms with Crippen LogP contribution in [0.4, 0.5) is 0 Å². The SMILES string of the molecule is C[C@@H](O)[C@H]1C(=O)N2C(C(=O)O)=C(c3cn4cnc(C(=O)c5ccc[n+](Cc6ccccc6)c5)c4s3)[C@H](C)[C@H]12. The lowest BCUT2D eigenvalue weighted by molar-refractivity contribution is -0.688. The molecule has 5 heterocycles. The molecule has 4 aromatic rings. The number of thiazole rings is 1. The highest BCUT2D eigenvalue weighted by atomic mass is 32.1. The van der Waals surface area contributed by atoms with Crippen LogP contribution in [0.5, 0.6) is 0 Å². The minimum atomic E-state index is -1.19. The van der Waals surface area contributed by atoms with Gasteiger partial charge in [-0.2, -0.15) is 0 Å². The van der Waals surface area contributed by atoms with E-state index < -0.39 is 24.0 Å². The van der Waals surface area contributed by atoms with E-state index in [2.05, 4.69) is 4.98 Å². The molecule has 0 spiro atoms. The number of aliphatic hydroxyl groups is 1. The number of imidazole rings is 1. The highest BCUT2D eigenvalue weighted by Crippen LogP contribution is 2.51. The summed E-state index contributed by atoms with van der Waals surface area (Å²) in [4.78, 5) is 45.3. The van der Waals surface area contributed by atoms with Gasteiger partial charge in [0.05, 0.1) is 28.5 Å². The number of ketones is 1. The fraction of sp³-hybridized carbons (Fsp3) is 0.250. The van der Waals surface area contributed by atoms with Crippen LogP contribution in [0, 0.1) is 11.8 Å². The second-order valence-electron chi connectivity index (χ2n) is 9.80. The van der Waals surface area contributed by atoms with E-state index in [1.54, 1.807) is 36.1 Å². The zero-order chi connectivity index (χ0) is 26.7. The van der Waals surface area contributed by atoms with Crippen molar-refractivity contribution < 1.29 is 29.2 Å². The van der Waals surface area contributed by atoms with Gasteiger partial charge in [-0.3, -0.25) is 14.0 Å². The Kier molecular flexibility index (Phi) is 5.73. The van der Waals surface area contributed by atoms with Crippen LogP contribution in [0.1, 0.15) is 40.3 Å². The number of hydrogen-bond donors (Lipinski definition) is 2. The number of hydrogen-bond acceptors (Lipinski definition) is 6. The number of β-lactam (4-membered cyclic amide) rings is 1. The van der Waals surface area contributed by atoms with Crippen molar-refractivity contribution in [1.29, 1.82) is 0 Å². The summed E-state index contributed by atoms with van der Waals surface area (Å²) in [7, 11) is 0. The van der Waals surface area contributed by atoms with E-state index in [9.17, 15) is 24.6 Å². The average Bonchev–Trinajstić information content (AvgIpc) is 3.54. The Morgan fingerprint density at radius 1 is 1.18 bits per heavy atom. The average molecular weight is 530 g/mol. The summed E-state index contributed by atoms with van der Waals surface area (Å²) < 4.78 is 3.66. The van der Waals surface area contributed by atoms with Gasteiger partial charge in [-0.25, -0.2) is 14.3 Å². The van der Waals surface area contributed by atoms with Crippen molar-refractivity contribution in [2.24, 2.45) is 11.8 Å². The molecule has 1 amide bonds. The fourth-order valence-electron chi connectivity index (χ4n) is 5.66. The van der Waals surface area contributed by atoms with Crippen LogP contribution in [0.15, 0.2) is 73.1 Å². The molecule has 0 radical (unpaired) electrons. The van der Waals surface area contributed by atoms with Crippen LogP contribution in [0.2, 0.25) is 0 Å². The molecule has 0 bridgehead atoms. The lowest BCUT2D eigenvalue weighted by Crippen LogP contribution is -2.63. The molecule has 1 saturated heterocycles. The Balaban J connectivity index is 1.35. The molecule has 6 rings (SSSR count). The van der Waals surface area contributed by atoms with Crippen molar-refractivity contribution in [3.05, 3.63) is 94.8 Å². The first-order chi connectivity index (χ1) is 18.3. The molecule has 2 aliphatic rings. The largest absolute Gasteiger partial charge is 0.477 e.